The number of nitrogens with zero attached hydrogens (tertiary/aromatic N) is 1. The highest BCUT2D eigenvalue weighted by Crippen LogP contribution is 2.32. The molecule has 0 radical (unpaired) electrons. The number of benzene rings is 1. The van der Waals surface area contributed by atoms with Crippen LogP contribution in [0.5, 0.6) is 11.5 Å². The summed E-state index contributed by atoms with van der Waals surface area (Å²) in [6.07, 6.45) is 0. The summed E-state index contributed by atoms with van der Waals surface area (Å²) in [6, 6.07) is 3.91. The van der Waals surface area contributed by atoms with Crippen LogP contribution < -0.4 is 9.47 Å². The second kappa shape index (κ2) is 6.45. The molecular formula is C14H17NO6. The first kappa shape index (κ1) is 15.1. The Morgan fingerprint density at radius 3 is 2.71 bits per heavy atom. The number of methoxy groups -OCH3 is 2. The molecule has 21 heavy (non-hydrogen) atoms. The lowest BCUT2D eigenvalue weighted by atomic mass is 10.1. The maximum atomic E-state index is 12.6. The van der Waals surface area contributed by atoms with Crippen LogP contribution in [-0.2, 0) is 9.53 Å². The normalized spacial score (nSPS) is 18.2. The minimum atomic E-state index is -1.09. The lowest BCUT2D eigenvalue weighted by Crippen LogP contribution is -2.52. The van der Waals surface area contributed by atoms with Crippen LogP contribution in [0.2, 0.25) is 0 Å². The van der Waals surface area contributed by atoms with Crippen molar-refractivity contribution >= 4 is 11.9 Å². The lowest BCUT2D eigenvalue weighted by Gasteiger charge is -2.33. The molecule has 1 N–H and O–H groups in total. The first-order valence-electron chi connectivity index (χ1n) is 6.42. The summed E-state index contributed by atoms with van der Waals surface area (Å²) >= 11 is 0. The van der Waals surface area contributed by atoms with Gasteiger partial charge in [-0.1, -0.05) is 6.07 Å². The third kappa shape index (κ3) is 2.92. The molecule has 0 aromatic heterocycles. The zero-order valence-electron chi connectivity index (χ0n) is 11.9. The number of ether oxygens (including phenoxy) is 3. The quantitative estimate of drug-likeness (QED) is 0.877. The predicted octanol–water partition coefficient (Wildman–Crippen LogP) is 0.629. The van der Waals surface area contributed by atoms with Gasteiger partial charge in [0.1, 0.15) is 0 Å². The van der Waals surface area contributed by atoms with Crippen molar-refractivity contribution in [2.75, 3.05) is 34.0 Å². The van der Waals surface area contributed by atoms with Crippen LogP contribution in [0.1, 0.15) is 10.4 Å². The van der Waals surface area contributed by atoms with E-state index in [-0.39, 0.29) is 18.7 Å². The molecule has 0 spiro atoms. The van der Waals surface area contributed by atoms with Gasteiger partial charge in [-0.2, -0.15) is 0 Å². The monoisotopic (exact) mass is 295 g/mol. The van der Waals surface area contributed by atoms with Crippen LogP contribution in [0.3, 0.4) is 0 Å². The Morgan fingerprint density at radius 1 is 1.33 bits per heavy atom. The first-order valence-corrected chi connectivity index (χ1v) is 6.42. The van der Waals surface area contributed by atoms with Gasteiger partial charge in [-0.15, -0.1) is 0 Å². The van der Waals surface area contributed by atoms with Gasteiger partial charge in [-0.25, -0.2) is 4.79 Å². The van der Waals surface area contributed by atoms with Crippen molar-refractivity contribution < 1.29 is 28.9 Å². The molecule has 0 bridgehead atoms. The van der Waals surface area contributed by atoms with Crippen molar-refractivity contribution in [3.63, 3.8) is 0 Å². The average Bonchev–Trinajstić information content (AvgIpc) is 2.53. The number of hydrogen-bond donors (Lipinski definition) is 1. The molecule has 1 aromatic carbocycles. The highest BCUT2D eigenvalue weighted by atomic mass is 16.5. The summed E-state index contributed by atoms with van der Waals surface area (Å²) in [6.45, 7) is 0.505. The van der Waals surface area contributed by atoms with Crippen molar-refractivity contribution in [2.24, 2.45) is 0 Å². The molecule has 7 nitrogen and oxygen atoms in total. The maximum Gasteiger partial charge on any atom is 0.328 e. The number of morpholine rings is 1. The number of carbonyl (C=O) groups excluding carboxylic acids is 1. The maximum absolute atomic E-state index is 12.6. The number of carbonyl (C=O) groups is 2. The summed E-state index contributed by atoms with van der Waals surface area (Å²) in [5, 5.41) is 9.20. The molecule has 1 aliphatic rings. The van der Waals surface area contributed by atoms with Crippen LogP contribution in [0.15, 0.2) is 18.2 Å². The van der Waals surface area contributed by atoms with Crippen LogP contribution >= 0.6 is 0 Å². The fourth-order valence-electron chi connectivity index (χ4n) is 2.26. The summed E-state index contributed by atoms with van der Waals surface area (Å²) < 4.78 is 15.5. The van der Waals surface area contributed by atoms with Crippen molar-refractivity contribution in [2.45, 2.75) is 6.04 Å². The standard InChI is InChI=1S/C14H17NO6/c1-19-11-5-3-4-9(12(11)20-2)13(16)15-6-7-21-8-10(15)14(17)18/h3-5,10H,6-8H2,1-2H3,(H,17,18)/t10-/m0/s1. The summed E-state index contributed by atoms with van der Waals surface area (Å²) in [7, 11) is 2.91. The third-order valence-electron chi connectivity index (χ3n) is 3.31. The highest BCUT2D eigenvalue weighted by molar-refractivity contribution is 5.99. The Bertz CT molecular complexity index is 544. The Labute approximate surface area is 122 Å². The van der Waals surface area contributed by atoms with Gasteiger partial charge in [0.05, 0.1) is 33.0 Å². The number of aliphatic carboxylic acids is 1. The van der Waals surface area contributed by atoms with E-state index >= 15 is 0 Å². The summed E-state index contributed by atoms with van der Waals surface area (Å²) in [5.74, 6) is -0.796. The van der Waals surface area contributed by atoms with Crippen molar-refractivity contribution in [1.82, 2.24) is 4.90 Å². The minimum absolute atomic E-state index is 0.0205. The molecule has 1 amide bonds. The van der Waals surface area contributed by atoms with Crippen LogP contribution in [0.25, 0.3) is 0 Å². The third-order valence-corrected chi connectivity index (χ3v) is 3.31. The van der Waals surface area contributed by atoms with E-state index in [2.05, 4.69) is 0 Å². The van der Waals surface area contributed by atoms with Crippen LogP contribution in [-0.4, -0.2) is 61.9 Å². The molecule has 114 valence electrons. The Balaban J connectivity index is 2.36. The van der Waals surface area contributed by atoms with Gasteiger partial charge in [0.15, 0.2) is 17.5 Å². The summed E-state index contributed by atoms with van der Waals surface area (Å²) in [5.41, 5.74) is 0.269. The van der Waals surface area contributed by atoms with E-state index in [1.165, 1.54) is 19.1 Å². The molecule has 1 aliphatic heterocycles. The van der Waals surface area contributed by atoms with E-state index in [1.54, 1.807) is 18.2 Å². The second-order valence-electron chi connectivity index (χ2n) is 4.47. The fraction of sp³-hybridized carbons (Fsp3) is 0.429. The number of rotatable bonds is 4. The Hall–Kier alpha value is -2.28. The SMILES string of the molecule is COc1cccc(C(=O)N2CCOC[C@H]2C(=O)O)c1OC. The predicted molar refractivity (Wildman–Crippen MR) is 72.8 cm³/mol. The van der Waals surface area contributed by atoms with Gasteiger partial charge in [-0.3, -0.25) is 4.79 Å². The van der Waals surface area contributed by atoms with Crippen molar-refractivity contribution in [1.29, 1.82) is 0 Å². The fourth-order valence-corrected chi connectivity index (χ4v) is 2.26. The Kier molecular flexibility index (Phi) is 4.64. The van der Waals surface area contributed by atoms with Crippen molar-refractivity contribution in [3.05, 3.63) is 23.8 Å². The average molecular weight is 295 g/mol. The van der Waals surface area contributed by atoms with Gasteiger partial charge in [-0.05, 0) is 12.1 Å². The minimum Gasteiger partial charge on any atom is -0.493 e. The number of carboxylic acid groups (broad SMARTS) is 1. The van der Waals surface area contributed by atoms with E-state index in [1.807, 2.05) is 0 Å². The van der Waals surface area contributed by atoms with Gasteiger partial charge >= 0.3 is 5.97 Å². The van der Waals surface area contributed by atoms with Gasteiger partial charge < -0.3 is 24.2 Å². The van der Waals surface area contributed by atoms with Crippen LogP contribution in [0, 0.1) is 0 Å². The van der Waals surface area contributed by atoms with Crippen LogP contribution in [0.4, 0.5) is 0 Å². The topological polar surface area (TPSA) is 85.3 Å². The van der Waals surface area contributed by atoms with Gasteiger partial charge in [0, 0.05) is 6.54 Å². The van der Waals surface area contributed by atoms with E-state index < -0.39 is 17.9 Å². The van der Waals surface area contributed by atoms with E-state index in [0.29, 0.717) is 18.1 Å². The molecule has 1 heterocycles. The Morgan fingerprint density at radius 2 is 2.10 bits per heavy atom. The zero-order valence-corrected chi connectivity index (χ0v) is 11.9. The molecule has 2 rings (SSSR count). The molecule has 1 aromatic rings. The first-order chi connectivity index (χ1) is 10.1. The van der Waals surface area contributed by atoms with Crippen molar-refractivity contribution in [3.8, 4) is 11.5 Å². The molecule has 1 fully saturated rings. The second-order valence-corrected chi connectivity index (χ2v) is 4.47. The molecule has 1 saturated heterocycles. The molecule has 7 heteroatoms. The number of para-hydroxylation sites is 1. The molecule has 0 unspecified atom stereocenters. The number of hydrogen-bond acceptors (Lipinski definition) is 5. The molecular weight excluding hydrogens is 278 g/mol. The molecule has 1 atom stereocenters. The highest BCUT2D eigenvalue weighted by Gasteiger charge is 2.34. The summed E-state index contributed by atoms with van der Waals surface area (Å²) in [4.78, 5) is 25.2. The zero-order chi connectivity index (χ0) is 15.4. The van der Waals surface area contributed by atoms with E-state index in [4.69, 9.17) is 14.2 Å². The van der Waals surface area contributed by atoms with Gasteiger partial charge in [0.2, 0.25) is 0 Å². The van der Waals surface area contributed by atoms with E-state index in [9.17, 15) is 14.7 Å². The smallest absolute Gasteiger partial charge is 0.328 e. The molecule has 0 aliphatic carbocycles. The van der Waals surface area contributed by atoms with E-state index in [0.717, 1.165) is 0 Å². The molecule has 0 saturated carbocycles. The number of carboxylic acids is 1. The van der Waals surface area contributed by atoms with Gasteiger partial charge in [0.25, 0.3) is 5.91 Å². The largest absolute Gasteiger partial charge is 0.493 e. The number of amides is 1. The lowest BCUT2D eigenvalue weighted by molar-refractivity contribution is -0.147.